The summed E-state index contributed by atoms with van der Waals surface area (Å²) in [6.45, 7) is 1.83. The standard InChI is InChI=1S/C16H12N4O/c1-10-5-4-8-13(12(10)9-17)18-16(21)15-11-6-2-3-7-14(11)19-20-15/h2-8H,1H3,(H,18,21)(H,19,20). The number of hydrogen-bond acceptors (Lipinski definition) is 3. The largest absolute Gasteiger partial charge is 0.319 e. The lowest BCUT2D eigenvalue weighted by Crippen LogP contribution is -2.14. The number of anilines is 1. The van der Waals surface area contributed by atoms with E-state index in [4.69, 9.17) is 0 Å². The van der Waals surface area contributed by atoms with Crippen LogP contribution in [0.15, 0.2) is 42.5 Å². The van der Waals surface area contributed by atoms with Crippen molar-refractivity contribution in [2.75, 3.05) is 5.32 Å². The molecule has 1 heterocycles. The Hall–Kier alpha value is -3.13. The van der Waals surface area contributed by atoms with Crippen molar-refractivity contribution < 1.29 is 4.79 Å². The maximum atomic E-state index is 12.4. The van der Waals surface area contributed by atoms with Crippen molar-refractivity contribution in [1.29, 1.82) is 5.26 Å². The lowest BCUT2D eigenvalue weighted by atomic mass is 10.1. The summed E-state index contributed by atoms with van der Waals surface area (Å²) in [5, 5.41) is 19.6. The molecule has 2 N–H and O–H groups in total. The first-order valence-corrected chi connectivity index (χ1v) is 6.45. The molecule has 102 valence electrons. The number of rotatable bonds is 2. The first-order chi connectivity index (χ1) is 10.2. The summed E-state index contributed by atoms with van der Waals surface area (Å²) in [6.07, 6.45) is 0. The second-order valence-electron chi connectivity index (χ2n) is 4.68. The van der Waals surface area contributed by atoms with Gasteiger partial charge in [-0.3, -0.25) is 9.89 Å². The fourth-order valence-corrected chi connectivity index (χ4v) is 2.24. The Labute approximate surface area is 121 Å². The topological polar surface area (TPSA) is 81.6 Å². The zero-order chi connectivity index (χ0) is 14.8. The summed E-state index contributed by atoms with van der Waals surface area (Å²) in [5.74, 6) is -0.338. The predicted octanol–water partition coefficient (Wildman–Crippen LogP) is 3.00. The highest BCUT2D eigenvalue weighted by molar-refractivity contribution is 6.11. The average Bonchev–Trinajstić information content (AvgIpc) is 2.91. The lowest BCUT2D eigenvalue weighted by Gasteiger charge is -2.07. The van der Waals surface area contributed by atoms with Gasteiger partial charge < -0.3 is 5.32 Å². The van der Waals surface area contributed by atoms with Crippen LogP contribution in [0, 0.1) is 18.3 Å². The average molecular weight is 276 g/mol. The molecule has 2 aromatic carbocycles. The number of benzene rings is 2. The quantitative estimate of drug-likeness (QED) is 0.754. The molecule has 3 aromatic rings. The second kappa shape index (κ2) is 5.10. The maximum absolute atomic E-state index is 12.4. The van der Waals surface area contributed by atoms with Gasteiger partial charge in [-0.25, -0.2) is 0 Å². The Morgan fingerprint density at radius 2 is 2.05 bits per heavy atom. The van der Waals surface area contributed by atoms with Crippen molar-refractivity contribution in [1.82, 2.24) is 10.2 Å². The number of hydrogen-bond donors (Lipinski definition) is 2. The highest BCUT2D eigenvalue weighted by atomic mass is 16.1. The van der Waals surface area contributed by atoms with Crippen LogP contribution in [0.4, 0.5) is 5.69 Å². The molecule has 5 nitrogen and oxygen atoms in total. The molecule has 0 unspecified atom stereocenters. The van der Waals surface area contributed by atoms with Gasteiger partial charge in [0.1, 0.15) is 6.07 Å². The van der Waals surface area contributed by atoms with E-state index in [2.05, 4.69) is 21.6 Å². The van der Waals surface area contributed by atoms with Gasteiger partial charge in [0.25, 0.3) is 5.91 Å². The van der Waals surface area contributed by atoms with Crippen molar-refractivity contribution in [3.63, 3.8) is 0 Å². The Morgan fingerprint density at radius 1 is 1.24 bits per heavy atom. The minimum absolute atomic E-state index is 0.316. The summed E-state index contributed by atoms with van der Waals surface area (Å²) >= 11 is 0. The van der Waals surface area contributed by atoms with E-state index in [-0.39, 0.29) is 5.91 Å². The molecule has 0 radical (unpaired) electrons. The third-order valence-electron chi connectivity index (χ3n) is 3.32. The van der Waals surface area contributed by atoms with E-state index >= 15 is 0 Å². The molecular formula is C16H12N4O. The normalized spacial score (nSPS) is 10.3. The van der Waals surface area contributed by atoms with Gasteiger partial charge in [0.2, 0.25) is 0 Å². The van der Waals surface area contributed by atoms with Crippen LogP contribution in [0.25, 0.3) is 10.9 Å². The Morgan fingerprint density at radius 3 is 2.86 bits per heavy atom. The second-order valence-corrected chi connectivity index (χ2v) is 4.68. The number of amides is 1. The highest BCUT2D eigenvalue weighted by Crippen LogP contribution is 2.21. The molecule has 0 aliphatic carbocycles. The zero-order valence-electron chi connectivity index (χ0n) is 11.3. The Balaban J connectivity index is 1.98. The van der Waals surface area contributed by atoms with Crippen molar-refractivity contribution in [3.8, 4) is 6.07 Å². The summed E-state index contributed by atoms with van der Waals surface area (Å²) in [7, 11) is 0. The van der Waals surface area contributed by atoms with Gasteiger partial charge >= 0.3 is 0 Å². The first-order valence-electron chi connectivity index (χ1n) is 6.45. The van der Waals surface area contributed by atoms with Gasteiger partial charge in [-0.2, -0.15) is 10.4 Å². The number of nitriles is 1. The number of carbonyl (C=O) groups excluding carboxylic acids is 1. The van der Waals surface area contributed by atoms with E-state index in [0.717, 1.165) is 16.5 Å². The smallest absolute Gasteiger partial charge is 0.276 e. The predicted molar refractivity (Wildman–Crippen MR) is 79.9 cm³/mol. The Bertz CT molecular complexity index is 873. The van der Waals surface area contributed by atoms with Crippen LogP contribution >= 0.6 is 0 Å². The lowest BCUT2D eigenvalue weighted by molar-refractivity contribution is 0.102. The number of para-hydroxylation sites is 1. The van der Waals surface area contributed by atoms with Crippen molar-refractivity contribution in [2.24, 2.45) is 0 Å². The van der Waals surface area contributed by atoms with Crippen LogP contribution in [-0.4, -0.2) is 16.1 Å². The fraction of sp³-hybridized carbons (Fsp3) is 0.0625. The van der Waals surface area contributed by atoms with Gasteiger partial charge in [0.15, 0.2) is 5.69 Å². The number of aryl methyl sites for hydroxylation is 1. The number of nitrogens with zero attached hydrogens (tertiary/aromatic N) is 2. The molecular weight excluding hydrogens is 264 g/mol. The van der Waals surface area contributed by atoms with Crippen molar-refractivity contribution >= 4 is 22.5 Å². The van der Waals surface area contributed by atoms with E-state index in [1.165, 1.54) is 0 Å². The summed E-state index contributed by atoms with van der Waals surface area (Å²) in [5.41, 5.74) is 2.89. The van der Waals surface area contributed by atoms with Crippen molar-refractivity contribution in [2.45, 2.75) is 6.92 Å². The third-order valence-corrected chi connectivity index (χ3v) is 3.32. The number of nitrogens with one attached hydrogen (secondary N) is 2. The van der Waals surface area contributed by atoms with Crippen LogP contribution < -0.4 is 5.32 Å². The number of H-pyrrole nitrogens is 1. The first kappa shape index (κ1) is 12.9. The number of aromatic nitrogens is 2. The fourth-order valence-electron chi connectivity index (χ4n) is 2.24. The number of fused-ring (bicyclic) bond motifs is 1. The molecule has 1 amide bonds. The molecule has 0 saturated heterocycles. The van der Waals surface area contributed by atoms with E-state index < -0.39 is 0 Å². The minimum Gasteiger partial charge on any atom is -0.319 e. The summed E-state index contributed by atoms with van der Waals surface area (Å²) in [4.78, 5) is 12.4. The Kier molecular flexibility index (Phi) is 3.13. The van der Waals surface area contributed by atoms with Crippen LogP contribution in [0.2, 0.25) is 0 Å². The molecule has 5 heteroatoms. The molecule has 0 spiro atoms. The van der Waals surface area contributed by atoms with E-state index in [1.54, 1.807) is 12.1 Å². The van der Waals surface area contributed by atoms with Crippen LogP contribution in [0.5, 0.6) is 0 Å². The summed E-state index contributed by atoms with van der Waals surface area (Å²) in [6, 6.07) is 14.8. The highest BCUT2D eigenvalue weighted by Gasteiger charge is 2.15. The van der Waals surface area contributed by atoms with E-state index in [0.29, 0.717) is 16.9 Å². The van der Waals surface area contributed by atoms with Gasteiger partial charge in [-0.1, -0.05) is 30.3 Å². The molecule has 0 aliphatic rings. The SMILES string of the molecule is Cc1cccc(NC(=O)c2n[nH]c3ccccc23)c1C#N. The molecule has 0 atom stereocenters. The van der Waals surface area contributed by atoms with Crippen LogP contribution in [-0.2, 0) is 0 Å². The molecule has 0 bridgehead atoms. The van der Waals surface area contributed by atoms with Crippen LogP contribution in [0.3, 0.4) is 0 Å². The molecule has 0 saturated carbocycles. The van der Waals surface area contributed by atoms with Crippen molar-refractivity contribution in [3.05, 3.63) is 59.3 Å². The monoisotopic (exact) mass is 276 g/mol. The number of carbonyl (C=O) groups is 1. The van der Waals surface area contributed by atoms with Gasteiger partial charge in [-0.15, -0.1) is 0 Å². The third kappa shape index (κ3) is 2.23. The maximum Gasteiger partial charge on any atom is 0.276 e. The zero-order valence-corrected chi connectivity index (χ0v) is 11.3. The minimum atomic E-state index is -0.338. The molecule has 0 fully saturated rings. The van der Waals surface area contributed by atoms with Gasteiger partial charge in [0.05, 0.1) is 16.8 Å². The van der Waals surface area contributed by atoms with Gasteiger partial charge in [0, 0.05) is 5.39 Å². The van der Waals surface area contributed by atoms with E-state index in [1.807, 2.05) is 37.3 Å². The van der Waals surface area contributed by atoms with Gasteiger partial charge in [-0.05, 0) is 24.6 Å². The summed E-state index contributed by atoms with van der Waals surface area (Å²) < 4.78 is 0. The molecule has 21 heavy (non-hydrogen) atoms. The van der Waals surface area contributed by atoms with E-state index in [9.17, 15) is 10.1 Å². The molecule has 3 rings (SSSR count). The molecule has 0 aliphatic heterocycles. The molecule has 1 aromatic heterocycles. The number of aromatic amines is 1. The van der Waals surface area contributed by atoms with Crippen LogP contribution in [0.1, 0.15) is 21.6 Å².